The van der Waals surface area contributed by atoms with E-state index in [9.17, 15) is 18.3 Å². The Hall–Kier alpha value is -0.900. The van der Waals surface area contributed by atoms with Crippen molar-refractivity contribution in [3.8, 4) is 0 Å². The van der Waals surface area contributed by atoms with E-state index in [1.54, 1.807) is 0 Å². The Bertz CT molecular complexity index is 595. The molecule has 0 spiro atoms. The Morgan fingerprint density at radius 3 is 2.79 bits per heavy atom. The van der Waals surface area contributed by atoms with E-state index < -0.39 is 27.8 Å². The molecule has 19 heavy (non-hydrogen) atoms. The van der Waals surface area contributed by atoms with Crippen molar-refractivity contribution in [3.05, 3.63) is 16.5 Å². The molecule has 0 aromatic carbocycles. The summed E-state index contributed by atoms with van der Waals surface area (Å²) in [5.74, 6) is -1.80. The second kappa shape index (κ2) is 5.23. The smallest absolute Gasteiger partial charge is 0.371 e. The van der Waals surface area contributed by atoms with Gasteiger partial charge in [-0.05, 0) is 28.8 Å². The molecule has 0 saturated carbocycles. The third kappa shape index (κ3) is 2.55. The van der Waals surface area contributed by atoms with E-state index in [1.807, 2.05) is 0 Å². The number of sulfonamides is 1. The van der Waals surface area contributed by atoms with Gasteiger partial charge in [0, 0.05) is 18.7 Å². The second-order valence-electron chi connectivity index (χ2n) is 4.15. The summed E-state index contributed by atoms with van der Waals surface area (Å²) in [7, 11) is -3.87. The standard InChI is InChI=1S/C10H12BrNO6S/c11-9-8(4-7(18-9)10(14)15)19(16,17)12-3-1-2-6(12)5-13/h4,6,13H,1-3,5H2,(H,14,15)/t6-/m0/s1. The van der Waals surface area contributed by atoms with Gasteiger partial charge in [-0.25, -0.2) is 13.2 Å². The van der Waals surface area contributed by atoms with Crippen molar-refractivity contribution < 1.29 is 27.8 Å². The highest BCUT2D eigenvalue weighted by Crippen LogP contribution is 2.32. The maximum absolute atomic E-state index is 12.4. The zero-order chi connectivity index (χ0) is 14.2. The molecular weight excluding hydrogens is 342 g/mol. The Kier molecular flexibility index (Phi) is 4.00. The second-order valence-corrected chi connectivity index (χ2v) is 6.73. The lowest BCUT2D eigenvalue weighted by Gasteiger charge is -2.21. The molecule has 1 saturated heterocycles. The minimum absolute atomic E-state index is 0.145. The molecule has 2 rings (SSSR count). The van der Waals surface area contributed by atoms with E-state index in [-0.39, 0.29) is 16.2 Å². The van der Waals surface area contributed by atoms with Crippen molar-refractivity contribution in [2.24, 2.45) is 0 Å². The lowest BCUT2D eigenvalue weighted by molar-refractivity contribution is 0.0661. The van der Waals surface area contributed by atoms with E-state index in [2.05, 4.69) is 15.9 Å². The van der Waals surface area contributed by atoms with Gasteiger partial charge in [-0.15, -0.1) is 0 Å². The van der Waals surface area contributed by atoms with E-state index in [0.717, 1.165) is 6.07 Å². The average Bonchev–Trinajstić information content (AvgIpc) is 2.94. The molecule has 0 bridgehead atoms. The van der Waals surface area contributed by atoms with Crippen LogP contribution < -0.4 is 0 Å². The van der Waals surface area contributed by atoms with Gasteiger partial charge in [0.2, 0.25) is 15.8 Å². The molecule has 9 heteroatoms. The molecule has 1 aliphatic heterocycles. The number of aliphatic hydroxyl groups is 1. The van der Waals surface area contributed by atoms with Crippen LogP contribution in [0.15, 0.2) is 20.0 Å². The molecular formula is C10H12BrNO6S. The van der Waals surface area contributed by atoms with Gasteiger partial charge in [0.15, 0.2) is 4.67 Å². The Balaban J connectivity index is 2.42. The molecule has 1 aromatic rings. The molecule has 0 radical (unpaired) electrons. The topological polar surface area (TPSA) is 108 Å². The zero-order valence-corrected chi connectivity index (χ0v) is 12.1. The monoisotopic (exact) mass is 353 g/mol. The first-order valence-corrected chi connectivity index (χ1v) is 7.76. The third-order valence-electron chi connectivity index (χ3n) is 2.99. The van der Waals surface area contributed by atoms with Gasteiger partial charge in [0.05, 0.1) is 6.61 Å². The average molecular weight is 354 g/mol. The van der Waals surface area contributed by atoms with Crippen LogP contribution in [0.5, 0.6) is 0 Å². The Morgan fingerprint density at radius 2 is 2.26 bits per heavy atom. The van der Waals surface area contributed by atoms with Crippen molar-refractivity contribution in [3.63, 3.8) is 0 Å². The van der Waals surface area contributed by atoms with Crippen LogP contribution in [0.4, 0.5) is 0 Å². The van der Waals surface area contributed by atoms with E-state index in [1.165, 1.54) is 4.31 Å². The summed E-state index contributed by atoms with van der Waals surface area (Å²) in [5, 5.41) is 18.0. The molecule has 2 N–H and O–H groups in total. The first kappa shape index (κ1) is 14.5. The van der Waals surface area contributed by atoms with E-state index >= 15 is 0 Å². The van der Waals surface area contributed by atoms with Crippen molar-refractivity contribution in [1.29, 1.82) is 0 Å². The summed E-state index contributed by atoms with van der Waals surface area (Å²) in [6, 6.07) is 0.495. The maximum atomic E-state index is 12.4. The molecule has 1 fully saturated rings. The van der Waals surface area contributed by atoms with Gasteiger partial charge < -0.3 is 14.6 Å². The van der Waals surface area contributed by atoms with Crippen molar-refractivity contribution >= 4 is 31.9 Å². The minimum Gasteiger partial charge on any atom is -0.475 e. The normalized spacial score (nSPS) is 20.8. The van der Waals surface area contributed by atoms with Crippen LogP contribution in [0.3, 0.4) is 0 Å². The fraction of sp³-hybridized carbons (Fsp3) is 0.500. The molecule has 1 aliphatic rings. The van der Waals surface area contributed by atoms with Gasteiger partial charge in [0.25, 0.3) is 0 Å². The molecule has 106 valence electrons. The predicted octanol–water partition coefficient (Wildman–Crippen LogP) is 0.886. The minimum atomic E-state index is -3.87. The number of carboxylic acid groups (broad SMARTS) is 1. The largest absolute Gasteiger partial charge is 0.475 e. The summed E-state index contributed by atoms with van der Waals surface area (Å²) >= 11 is 2.91. The number of nitrogens with zero attached hydrogens (tertiary/aromatic N) is 1. The van der Waals surface area contributed by atoms with E-state index in [0.29, 0.717) is 19.4 Å². The fourth-order valence-electron chi connectivity index (χ4n) is 2.07. The van der Waals surface area contributed by atoms with Crippen LogP contribution in [0, 0.1) is 0 Å². The number of hydrogen-bond donors (Lipinski definition) is 2. The fourth-order valence-corrected chi connectivity index (χ4v) is 4.66. The molecule has 0 amide bonds. The molecule has 1 aromatic heterocycles. The number of aliphatic hydroxyl groups excluding tert-OH is 1. The first-order valence-electron chi connectivity index (χ1n) is 5.53. The van der Waals surface area contributed by atoms with Crippen LogP contribution in [0.2, 0.25) is 0 Å². The highest BCUT2D eigenvalue weighted by Gasteiger charge is 2.37. The number of carboxylic acids is 1. The number of halogens is 1. The molecule has 2 heterocycles. The summed E-state index contributed by atoms with van der Waals surface area (Å²) in [4.78, 5) is 10.5. The van der Waals surface area contributed by atoms with Crippen LogP contribution in [0.25, 0.3) is 0 Å². The number of rotatable bonds is 4. The van der Waals surface area contributed by atoms with Crippen LogP contribution in [-0.2, 0) is 10.0 Å². The molecule has 0 unspecified atom stereocenters. The maximum Gasteiger partial charge on any atom is 0.371 e. The summed E-state index contributed by atoms with van der Waals surface area (Å²) in [5.41, 5.74) is 0. The lowest BCUT2D eigenvalue weighted by Crippen LogP contribution is -2.37. The number of hydrogen-bond acceptors (Lipinski definition) is 5. The van der Waals surface area contributed by atoms with Gasteiger partial charge in [-0.3, -0.25) is 0 Å². The molecule has 7 nitrogen and oxygen atoms in total. The Morgan fingerprint density at radius 1 is 1.58 bits per heavy atom. The predicted molar refractivity (Wildman–Crippen MR) is 67.4 cm³/mol. The zero-order valence-electron chi connectivity index (χ0n) is 9.74. The van der Waals surface area contributed by atoms with Crippen LogP contribution in [0.1, 0.15) is 23.4 Å². The van der Waals surface area contributed by atoms with Gasteiger partial charge in [-0.1, -0.05) is 0 Å². The number of furan rings is 1. The lowest BCUT2D eigenvalue weighted by atomic mass is 10.2. The summed E-state index contributed by atoms with van der Waals surface area (Å²) in [6.45, 7) is 0.0358. The van der Waals surface area contributed by atoms with Crippen molar-refractivity contribution in [1.82, 2.24) is 4.31 Å². The quantitative estimate of drug-likeness (QED) is 0.831. The van der Waals surface area contributed by atoms with Gasteiger partial charge in [0.1, 0.15) is 4.90 Å². The SMILES string of the molecule is O=C(O)c1cc(S(=O)(=O)N2CCC[C@H]2CO)c(Br)o1. The highest BCUT2D eigenvalue weighted by atomic mass is 79.9. The summed E-state index contributed by atoms with van der Waals surface area (Å²) in [6.07, 6.45) is 1.24. The van der Waals surface area contributed by atoms with E-state index in [4.69, 9.17) is 9.52 Å². The van der Waals surface area contributed by atoms with Gasteiger partial charge >= 0.3 is 5.97 Å². The van der Waals surface area contributed by atoms with Crippen LogP contribution in [-0.4, -0.2) is 48.1 Å². The molecule has 0 aliphatic carbocycles. The first-order chi connectivity index (χ1) is 8.87. The number of carbonyl (C=O) groups is 1. The van der Waals surface area contributed by atoms with Crippen LogP contribution >= 0.6 is 15.9 Å². The Labute approximate surface area is 118 Å². The third-order valence-corrected chi connectivity index (χ3v) is 5.80. The van der Waals surface area contributed by atoms with Crippen molar-refractivity contribution in [2.45, 2.75) is 23.8 Å². The number of aromatic carboxylic acids is 1. The summed E-state index contributed by atoms with van der Waals surface area (Å²) < 4.78 is 30.7. The molecule has 1 atom stereocenters. The van der Waals surface area contributed by atoms with Gasteiger partial charge in [-0.2, -0.15) is 4.31 Å². The van der Waals surface area contributed by atoms with Crippen molar-refractivity contribution in [2.75, 3.05) is 13.2 Å². The highest BCUT2D eigenvalue weighted by molar-refractivity contribution is 9.10.